The van der Waals surface area contributed by atoms with Crippen LogP contribution in [0.15, 0.2) is 41.1 Å². The molecule has 0 unspecified atom stereocenters. The van der Waals surface area contributed by atoms with Gasteiger partial charge in [-0.25, -0.2) is 4.79 Å². The molecular weight excluding hydrogens is 260 g/mol. The molecule has 0 saturated heterocycles. The lowest BCUT2D eigenvalue weighted by molar-refractivity contribution is -0.139. The highest BCUT2D eigenvalue weighted by atomic mass is 16.5. The summed E-state index contributed by atoms with van der Waals surface area (Å²) in [6, 6.07) is 9.19. The first-order valence-corrected chi connectivity index (χ1v) is 6.15. The van der Waals surface area contributed by atoms with E-state index in [2.05, 4.69) is 10.1 Å². The summed E-state index contributed by atoms with van der Waals surface area (Å²) in [7, 11) is 1.99. The second-order valence-electron chi connectivity index (χ2n) is 4.49. The third-order valence-corrected chi connectivity index (χ3v) is 2.66. The van der Waals surface area contributed by atoms with Crippen LogP contribution in [-0.4, -0.2) is 34.8 Å². The normalized spacial score (nSPS) is 10.7. The lowest BCUT2D eigenvalue weighted by Gasteiger charge is -2.15. The first-order chi connectivity index (χ1) is 9.63. The van der Waals surface area contributed by atoms with Crippen molar-refractivity contribution in [2.45, 2.75) is 13.1 Å². The quantitative estimate of drug-likeness (QED) is 0.830. The summed E-state index contributed by atoms with van der Waals surface area (Å²) in [5.74, 6) is -0.434. The minimum atomic E-state index is -0.985. The fourth-order valence-electron chi connectivity index (χ4n) is 1.80. The monoisotopic (exact) mass is 276 g/mol. The van der Waals surface area contributed by atoms with E-state index in [1.807, 2.05) is 25.2 Å². The van der Waals surface area contributed by atoms with E-state index in [4.69, 9.17) is 14.4 Å². The Balaban J connectivity index is 1.85. The van der Waals surface area contributed by atoms with Gasteiger partial charge in [0.05, 0.1) is 5.69 Å². The van der Waals surface area contributed by atoms with Crippen LogP contribution in [0.1, 0.15) is 11.3 Å². The molecule has 2 rings (SSSR count). The number of hydrogen-bond acceptors (Lipinski definition) is 5. The molecule has 0 aliphatic rings. The molecule has 1 N–H and O–H groups in total. The number of carboxylic acids is 1. The van der Waals surface area contributed by atoms with Crippen molar-refractivity contribution in [1.82, 2.24) is 10.1 Å². The molecule has 1 aromatic carbocycles. The SMILES string of the molecule is CN(Cc1ccc(OCC(=O)O)cc1)Cc1ccon1. The van der Waals surface area contributed by atoms with E-state index in [9.17, 15) is 4.79 Å². The minimum absolute atomic E-state index is 0.328. The maximum atomic E-state index is 10.4. The maximum absolute atomic E-state index is 10.4. The zero-order chi connectivity index (χ0) is 14.4. The molecule has 0 saturated carbocycles. The fourth-order valence-corrected chi connectivity index (χ4v) is 1.80. The largest absolute Gasteiger partial charge is 0.482 e. The van der Waals surface area contributed by atoms with Gasteiger partial charge in [-0.2, -0.15) is 0 Å². The lowest BCUT2D eigenvalue weighted by atomic mass is 10.2. The maximum Gasteiger partial charge on any atom is 0.341 e. The number of rotatable bonds is 7. The van der Waals surface area contributed by atoms with Gasteiger partial charge < -0.3 is 14.4 Å². The van der Waals surface area contributed by atoms with Crippen LogP contribution >= 0.6 is 0 Å². The van der Waals surface area contributed by atoms with Crippen LogP contribution in [0.25, 0.3) is 0 Å². The van der Waals surface area contributed by atoms with Gasteiger partial charge in [-0.3, -0.25) is 4.90 Å². The molecule has 106 valence electrons. The summed E-state index contributed by atoms with van der Waals surface area (Å²) in [6.45, 7) is 1.13. The molecule has 6 nitrogen and oxygen atoms in total. The van der Waals surface area contributed by atoms with Crippen molar-refractivity contribution in [2.75, 3.05) is 13.7 Å². The van der Waals surface area contributed by atoms with Crippen molar-refractivity contribution in [3.05, 3.63) is 47.9 Å². The van der Waals surface area contributed by atoms with E-state index in [0.717, 1.165) is 17.8 Å². The summed E-state index contributed by atoms with van der Waals surface area (Å²) >= 11 is 0. The van der Waals surface area contributed by atoms with Gasteiger partial charge in [0.25, 0.3) is 0 Å². The van der Waals surface area contributed by atoms with Gasteiger partial charge in [-0.05, 0) is 24.7 Å². The summed E-state index contributed by atoms with van der Waals surface area (Å²) in [5.41, 5.74) is 1.99. The highest BCUT2D eigenvalue weighted by Crippen LogP contribution is 2.14. The molecule has 2 aromatic rings. The molecular formula is C14H16N2O4. The number of benzene rings is 1. The average molecular weight is 276 g/mol. The number of carbonyl (C=O) groups is 1. The van der Waals surface area contributed by atoms with E-state index >= 15 is 0 Å². The molecule has 20 heavy (non-hydrogen) atoms. The molecule has 0 atom stereocenters. The van der Waals surface area contributed by atoms with Gasteiger partial charge in [-0.15, -0.1) is 0 Å². The van der Waals surface area contributed by atoms with Crippen LogP contribution < -0.4 is 4.74 Å². The van der Waals surface area contributed by atoms with Crippen molar-refractivity contribution in [2.24, 2.45) is 0 Å². The van der Waals surface area contributed by atoms with E-state index in [0.29, 0.717) is 12.3 Å². The molecule has 1 aromatic heterocycles. The second-order valence-corrected chi connectivity index (χ2v) is 4.49. The summed E-state index contributed by atoms with van der Waals surface area (Å²) < 4.78 is 9.86. The molecule has 0 fully saturated rings. The Morgan fingerprint density at radius 2 is 2.05 bits per heavy atom. The van der Waals surface area contributed by atoms with Gasteiger partial charge in [-0.1, -0.05) is 17.3 Å². The van der Waals surface area contributed by atoms with Crippen molar-refractivity contribution in [1.29, 1.82) is 0 Å². The van der Waals surface area contributed by atoms with Crippen LogP contribution in [-0.2, 0) is 17.9 Å². The Bertz CT molecular complexity index is 537. The number of carboxylic acid groups (broad SMARTS) is 1. The fraction of sp³-hybridized carbons (Fsp3) is 0.286. The highest BCUT2D eigenvalue weighted by molar-refractivity contribution is 5.68. The van der Waals surface area contributed by atoms with Crippen LogP contribution in [0.3, 0.4) is 0 Å². The van der Waals surface area contributed by atoms with Crippen LogP contribution in [0.4, 0.5) is 0 Å². The third kappa shape index (κ3) is 4.40. The van der Waals surface area contributed by atoms with Crippen LogP contribution in [0.5, 0.6) is 5.75 Å². The van der Waals surface area contributed by atoms with Gasteiger partial charge in [0.15, 0.2) is 6.61 Å². The topological polar surface area (TPSA) is 75.8 Å². The average Bonchev–Trinajstić information content (AvgIpc) is 2.90. The summed E-state index contributed by atoms with van der Waals surface area (Å²) in [4.78, 5) is 12.5. The molecule has 1 heterocycles. The van der Waals surface area contributed by atoms with Gasteiger partial charge in [0.2, 0.25) is 0 Å². The van der Waals surface area contributed by atoms with Crippen molar-refractivity contribution >= 4 is 5.97 Å². The first-order valence-electron chi connectivity index (χ1n) is 6.15. The number of hydrogen-bond donors (Lipinski definition) is 1. The third-order valence-electron chi connectivity index (χ3n) is 2.66. The Kier molecular flexibility index (Phi) is 4.73. The van der Waals surface area contributed by atoms with Gasteiger partial charge in [0.1, 0.15) is 12.0 Å². The highest BCUT2D eigenvalue weighted by Gasteiger charge is 2.05. The molecule has 0 aliphatic carbocycles. The smallest absolute Gasteiger partial charge is 0.341 e. The Hall–Kier alpha value is -2.34. The lowest BCUT2D eigenvalue weighted by Crippen LogP contribution is -2.17. The number of aliphatic carboxylic acids is 1. The minimum Gasteiger partial charge on any atom is -0.482 e. The van der Waals surface area contributed by atoms with Gasteiger partial charge >= 0.3 is 5.97 Å². The van der Waals surface area contributed by atoms with Crippen molar-refractivity contribution in [3.63, 3.8) is 0 Å². The Morgan fingerprint density at radius 3 is 2.65 bits per heavy atom. The number of aromatic nitrogens is 1. The zero-order valence-corrected chi connectivity index (χ0v) is 11.2. The first kappa shape index (κ1) is 14.1. The predicted octanol–water partition coefficient (Wildman–Crippen LogP) is 1.77. The standard InChI is InChI=1S/C14H16N2O4/c1-16(9-12-6-7-20-15-12)8-11-2-4-13(5-3-11)19-10-14(17)18/h2-7H,8-10H2,1H3,(H,17,18). The summed E-state index contributed by atoms with van der Waals surface area (Å²) in [5, 5.41) is 12.4. The van der Waals surface area contributed by atoms with E-state index in [1.165, 1.54) is 0 Å². The van der Waals surface area contributed by atoms with Crippen LogP contribution in [0, 0.1) is 0 Å². The van der Waals surface area contributed by atoms with Crippen molar-refractivity contribution in [3.8, 4) is 5.75 Å². The molecule has 0 radical (unpaired) electrons. The second kappa shape index (κ2) is 6.72. The number of nitrogens with zero attached hydrogens (tertiary/aromatic N) is 2. The predicted molar refractivity (Wildman–Crippen MR) is 71.2 cm³/mol. The molecule has 0 spiro atoms. The molecule has 0 bridgehead atoms. The van der Waals surface area contributed by atoms with E-state index < -0.39 is 5.97 Å². The molecule has 6 heteroatoms. The zero-order valence-electron chi connectivity index (χ0n) is 11.2. The van der Waals surface area contributed by atoms with Crippen molar-refractivity contribution < 1.29 is 19.2 Å². The van der Waals surface area contributed by atoms with E-state index in [1.54, 1.807) is 18.4 Å². The molecule has 0 amide bonds. The number of ether oxygens (including phenoxy) is 1. The Morgan fingerprint density at radius 1 is 1.30 bits per heavy atom. The van der Waals surface area contributed by atoms with Crippen LogP contribution in [0.2, 0.25) is 0 Å². The Labute approximate surface area is 116 Å². The van der Waals surface area contributed by atoms with E-state index in [-0.39, 0.29) is 6.61 Å². The summed E-state index contributed by atoms with van der Waals surface area (Å²) in [6.07, 6.45) is 1.55. The van der Waals surface area contributed by atoms with Gasteiger partial charge in [0, 0.05) is 19.2 Å². The molecule has 0 aliphatic heterocycles.